The number of ether oxygens (including phenoxy) is 3. The van der Waals surface area contributed by atoms with E-state index in [2.05, 4.69) is 6.92 Å². The molecule has 0 bridgehead atoms. The maximum Gasteiger partial charge on any atom is 0.416 e. The second-order valence-electron chi connectivity index (χ2n) is 12.1. The van der Waals surface area contributed by atoms with Crippen molar-refractivity contribution in [1.82, 2.24) is 0 Å². The maximum atomic E-state index is 15.2. The summed E-state index contributed by atoms with van der Waals surface area (Å²) in [5.74, 6) is -2.76. The molecular formula is C35H37F7O3. The number of rotatable bonds is 10. The fourth-order valence-electron chi connectivity index (χ4n) is 6.22. The van der Waals surface area contributed by atoms with Gasteiger partial charge in [-0.2, -0.15) is 22.0 Å². The van der Waals surface area contributed by atoms with Crippen LogP contribution in [0, 0.1) is 23.5 Å². The lowest BCUT2D eigenvalue weighted by molar-refractivity contribution is -0.222. The van der Waals surface area contributed by atoms with Crippen LogP contribution in [0.2, 0.25) is 0 Å². The molecule has 0 amide bonds. The lowest BCUT2D eigenvalue weighted by Gasteiger charge is -2.34. The summed E-state index contributed by atoms with van der Waals surface area (Å²) in [5, 5.41) is 0. The average molecular weight is 639 g/mol. The summed E-state index contributed by atoms with van der Waals surface area (Å²) >= 11 is 0. The van der Waals surface area contributed by atoms with Gasteiger partial charge in [-0.15, -0.1) is 0 Å². The van der Waals surface area contributed by atoms with Gasteiger partial charge in [-0.25, -0.2) is 8.78 Å². The van der Waals surface area contributed by atoms with Gasteiger partial charge < -0.3 is 14.2 Å². The first kappa shape index (κ1) is 33.3. The third-order valence-corrected chi connectivity index (χ3v) is 8.84. The monoisotopic (exact) mass is 638 g/mol. The molecule has 0 spiro atoms. The van der Waals surface area contributed by atoms with Crippen LogP contribution in [0.4, 0.5) is 30.7 Å². The molecule has 1 saturated heterocycles. The van der Waals surface area contributed by atoms with Gasteiger partial charge in [-0.1, -0.05) is 50.5 Å². The van der Waals surface area contributed by atoms with E-state index < -0.39 is 47.4 Å². The highest BCUT2D eigenvalue weighted by atomic mass is 19.4. The molecule has 1 saturated carbocycles. The minimum absolute atomic E-state index is 0.0406. The number of halogens is 7. The van der Waals surface area contributed by atoms with Crippen LogP contribution in [0.1, 0.15) is 87.2 Å². The molecule has 0 aromatic heterocycles. The first-order chi connectivity index (χ1) is 21.4. The fourth-order valence-corrected chi connectivity index (χ4v) is 6.22. The SMILES string of the molecule is CCCCCC1COC(c2ccc(C3CCC(C(F)(F)Oc4ccc(-c5ccc(C(F)(F)F)cc5)c(F)c4)CC3)c(F)c2)OC1. The smallest absolute Gasteiger partial charge is 0.416 e. The Balaban J connectivity index is 1.14. The zero-order valence-electron chi connectivity index (χ0n) is 25.0. The summed E-state index contributed by atoms with van der Waals surface area (Å²) in [7, 11) is 0. The molecule has 45 heavy (non-hydrogen) atoms. The van der Waals surface area contributed by atoms with Gasteiger partial charge in [0.15, 0.2) is 6.29 Å². The Morgan fingerprint density at radius 3 is 2.07 bits per heavy atom. The zero-order chi connectivity index (χ0) is 32.2. The van der Waals surface area contributed by atoms with Crippen molar-refractivity contribution in [2.24, 2.45) is 11.8 Å². The Kier molecular flexibility index (Phi) is 10.4. The highest BCUT2D eigenvalue weighted by Gasteiger charge is 2.44. The molecule has 10 heteroatoms. The summed E-state index contributed by atoms with van der Waals surface area (Å²) in [5.41, 5.74) is 0.309. The van der Waals surface area contributed by atoms with Gasteiger partial charge in [0.05, 0.1) is 24.7 Å². The Morgan fingerprint density at radius 1 is 0.778 bits per heavy atom. The molecule has 2 fully saturated rings. The molecule has 3 aromatic carbocycles. The predicted molar refractivity (Wildman–Crippen MR) is 156 cm³/mol. The molecule has 5 rings (SSSR count). The topological polar surface area (TPSA) is 27.7 Å². The van der Waals surface area contributed by atoms with Crippen molar-refractivity contribution in [1.29, 1.82) is 0 Å². The molecule has 2 aliphatic rings. The highest BCUT2D eigenvalue weighted by Crippen LogP contribution is 2.44. The van der Waals surface area contributed by atoms with Crippen molar-refractivity contribution < 1.29 is 44.9 Å². The van der Waals surface area contributed by atoms with Crippen molar-refractivity contribution in [2.45, 2.75) is 82.8 Å². The van der Waals surface area contributed by atoms with E-state index in [0.717, 1.165) is 49.6 Å². The van der Waals surface area contributed by atoms with Crippen LogP contribution in [0.15, 0.2) is 60.7 Å². The third-order valence-electron chi connectivity index (χ3n) is 8.84. The lowest BCUT2D eigenvalue weighted by atomic mass is 9.78. The molecule has 0 N–H and O–H groups in total. The van der Waals surface area contributed by atoms with Crippen LogP contribution < -0.4 is 4.74 Å². The molecule has 0 unspecified atom stereocenters. The van der Waals surface area contributed by atoms with Crippen molar-refractivity contribution in [2.75, 3.05) is 13.2 Å². The second kappa shape index (κ2) is 14.1. The van der Waals surface area contributed by atoms with Crippen LogP contribution in [-0.4, -0.2) is 19.3 Å². The van der Waals surface area contributed by atoms with Gasteiger partial charge >= 0.3 is 12.3 Å². The van der Waals surface area contributed by atoms with E-state index in [9.17, 15) is 17.6 Å². The fraction of sp³-hybridized carbons (Fsp3) is 0.486. The van der Waals surface area contributed by atoms with Crippen LogP contribution in [-0.2, 0) is 15.7 Å². The largest absolute Gasteiger partial charge is 0.432 e. The van der Waals surface area contributed by atoms with Gasteiger partial charge in [0.2, 0.25) is 0 Å². The maximum absolute atomic E-state index is 15.2. The van der Waals surface area contributed by atoms with E-state index in [1.54, 1.807) is 12.1 Å². The van der Waals surface area contributed by atoms with Gasteiger partial charge in [0.1, 0.15) is 17.4 Å². The summed E-state index contributed by atoms with van der Waals surface area (Å²) in [6.07, 6.45) is -3.45. The Hall–Kier alpha value is -3.11. The second-order valence-corrected chi connectivity index (χ2v) is 12.1. The van der Waals surface area contributed by atoms with Crippen LogP contribution >= 0.6 is 0 Å². The van der Waals surface area contributed by atoms with Crippen molar-refractivity contribution in [3.8, 4) is 16.9 Å². The first-order valence-electron chi connectivity index (χ1n) is 15.5. The predicted octanol–water partition coefficient (Wildman–Crippen LogP) is 10.8. The average Bonchev–Trinajstić information content (AvgIpc) is 3.01. The molecule has 1 aliphatic carbocycles. The molecule has 0 atom stereocenters. The van der Waals surface area contributed by atoms with Crippen molar-refractivity contribution in [3.63, 3.8) is 0 Å². The molecule has 0 radical (unpaired) electrons. The Morgan fingerprint density at radius 2 is 1.47 bits per heavy atom. The number of unbranched alkanes of at least 4 members (excludes halogenated alkanes) is 2. The number of benzene rings is 3. The van der Waals surface area contributed by atoms with Gasteiger partial charge in [0, 0.05) is 23.1 Å². The molecule has 244 valence electrons. The van der Waals surface area contributed by atoms with Crippen molar-refractivity contribution >= 4 is 0 Å². The normalized spacial score (nSPS) is 22.8. The summed E-state index contributed by atoms with van der Waals surface area (Å²) < 4.78 is 115. The lowest BCUT2D eigenvalue weighted by Crippen LogP contribution is -2.37. The van der Waals surface area contributed by atoms with Crippen LogP contribution in [0.25, 0.3) is 11.1 Å². The van der Waals surface area contributed by atoms with E-state index in [1.165, 1.54) is 24.6 Å². The summed E-state index contributed by atoms with van der Waals surface area (Å²) in [4.78, 5) is 0. The van der Waals surface area contributed by atoms with Crippen LogP contribution in [0.5, 0.6) is 5.75 Å². The minimum Gasteiger partial charge on any atom is -0.432 e. The molecule has 1 aliphatic heterocycles. The van der Waals surface area contributed by atoms with Crippen LogP contribution in [0.3, 0.4) is 0 Å². The van der Waals surface area contributed by atoms with E-state index >= 15 is 13.2 Å². The first-order valence-corrected chi connectivity index (χ1v) is 15.5. The molecular weight excluding hydrogens is 601 g/mol. The van der Waals surface area contributed by atoms with Gasteiger partial charge in [-0.05, 0) is 79.5 Å². The van der Waals surface area contributed by atoms with E-state index in [0.29, 0.717) is 43.1 Å². The zero-order valence-corrected chi connectivity index (χ0v) is 25.0. The molecule has 1 heterocycles. The minimum atomic E-state index is -4.53. The quantitative estimate of drug-likeness (QED) is 0.163. The molecule has 3 aromatic rings. The number of alkyl halides is 5. The number of hydrogen-bond acceptors (Lipinski definition) is 3. The van der Waals surface area contributed by atoms with E-state index in [1.807, 2.05) is 0 Å². The van der Waals surface area contributed by atoms with Gasteiger partial charge in [0.25, 0.3) is 0 Å². The standard InChI is InChI=1S/C35H37F7O3/c1-2-3-4-5-22-20-43-33(44-21-22)25-10-16-29(31(36)18-25)24-8-13-27(14-9-24)35(41,42)45-28-15-17-30(32(37)19-28)23-6-11-26(12-7-23)34(38,39)40/h6-7,10-12,15-19,22,24,27,33H,2-5,8-9,13-14,20-21H2,1H3. The van der Waals surface area contributed by atoms with E-state index in [4.69, 9.17) is 14.2 Å². The highest BCUT2D eigenvalue weighted by molar-refractivity contribution is 5.65. The third kappa shape index (κ3) is 8.19. The van der Waals surface area contributed by atoms with E-state index in [-0.39, 0.29) is 29.9 Å². The number of hydrogen-bond donors (Lipinski definition) is 0. The van der Waals surface area contributed by atoms with Gasteiger partial charge in [-0.3, -0.25) is 0 Å². The summed E-state index contributed by atoms with van der Waals surface area (Å²) in [6.45, 7) is 3.28. The van der Waals surface area contributed by atoms with Crippen molar-refractivity contribution in [3.05, 3.63) is 89.0 Å². The molecule has 3 nitrogen and oxygen atoms in total. The Labute approximate surface area is 258 Å². The summed E-state index contributed by atoms with van der Waals surface area (Å²) in [6, 6.07) is 11.9. The Bertz CT molecular complexity index is 1410.